The van der Waals surface area contributed by atoms with Gasteiger partial charge in [0.25, 0.3) is 11.8 Å². The molecule has 232 valence electrons. The zero-order chi connectivity index (χ0) is 31.7. The van der Waals surface area contributed by atoms with Gasteiger partial charge < -0.3 is 24.2 Å². The molecule has 0 saturated carbocycles. The van der Waals surface area contributed by atoms with Crippen LogP contribution in [0, 0.1) is 12.7 Å². The Kier molecular flexibility index (Phi) is 8.36. The summed E-state index contributed by atoms with van der Waals surface area (Å²) in [7, 11) is 1.52. The zero-order valence-corrected chi connectivity index (χ0v) is 25.3. The van der Waals surface area contributed by atoms with E-state index in [0.29, 0.717) is 50.9 Å². The van der Waals surface area contributed by atoms with Crippen molar-refractivity contribution < 1.29 is 33.3 Å². The van der Waals surface area contributed by atoms with Gasteiger partial charge in [0.05, 0.1) is 42.3 Å². The van der Waals surface area contributed by atoms with Gasteiger partial charge in [-0.1, -0.05) is 11.3 Å². The third-order valence-corrected chi connectivity index (χ3v) is 7.95. The molecule has 1 aromatic carbocycles. The van der Waals surface area contributed by atoms with Crippen molar-refractivity contribution in [2.75, 3.05) is 32.1 Å². The van der Waals surface area contributed by atoms with Crippen molar-refractivity contribution in [2.45, 2.75) is 32.5 Å². The molecular weight excluding hydrogens is 605 g/mol. The number of fused-ring (bicyclic) bond motifs is 2. The van der Waals surface area contributed by atoms with Gasteiger partial charge in [-0.3, -0.25) is 10.1 Å². The quantitative estimate of drug-likeness (QED) is 0.250. The normalized spacial score (nSPS) is 15.3. The third-order valence-electron chi connectivity index (χ3n) is 6.96. The van der Waals surface area contributed by atoms with Crippen molar-refractivity contribution in [3.8, 4) is 22.3 Å². The molecule has 0 radical (unpaired) electrons. The molecule has 2 amide bonds. The first-order chi connectivity index (χ1) is 21.7. The maximum absolute atomic E-state index is 14.9. The Bertz CT molecular complexity index is 1900. The Balaban J connectivity index is 1.08. The number of aliphatic hydroxyl groups is 1. The van der Waals surface area contributed by atoms with Crippen molar-refractivity contribution in [2.24, 2.45) is 0 Å². The van der Waals surface area contributed by atoms with Gasteiger partial charge >= 0.3 is 6.09 Å². The highest BCUT2D eigenvalue weighted by Crippen LogP contribution is 2.35. The van der Waals surface area contributed by atoms with Crippen LogP contribution in [0.2, 0.25) is 0 Å². The van der Waals surface area contributed by atoms with E-state index in [1.54, 1.807) is 6.92 Å². The van der Waals surface area contributed by atoms with Crippen LogP contribution in [-0.4, -0.2) is 85.9 Å². The van der Waals surface area contributed by atoms with Crippen LogP contribution in [0.15, 0.2) is 42.7 Å². The number of rotatable bonds is 8. The fourth-order valence-electron chi connectivity index (χ4n) is 4.79. The Morgan fingerprint density at radius 3 is 2.73 bits per heavy atom. The molecule has 1 aliphatic heterocycles. The predicted octanol–water partition coefficient (Wildman–Crippen LogP) is 4.38. The Hall–Kier alpha value is -5.02. The number of hydrogen-bond acceptors (Lipinski definition) is 12. The van der Waals surface area contributed by atoms with Gasteiger partial charge in [0.1, 0.15) is 33.8 Å². The standard InChI is InChI=1S/C30H28FN7O6S/c1-15-8-19(25-22(9-15)35-24(42-3)12-33-25)27-36-23-10-20(31)26(37-28(23)45-27)43-14-16(2)44-30(41)34-17-4-5-21(32-11-17)29(40)38-7-6-18(39)13-38/h4-5,8-12,16,18,39H,6-7,13-14H2,1-3H3,(H,34,41)/t16-,18-/m1/s1. The minimum Gasteiger partial charge on any atom is -0.480 e. The zero-order valence-electron chi connectivity index (χ0n) is 24.5. The second kappa shape index (κ2) is 12.5. The van der Waals surface area contributed by atoms with Crippen LogP contribution in [0.4, 0.5) is 14.9 Å². The number of carbonyl (C=O) groups excluding carboxylic acids is 2. The fourth-order valence-corrected chi connectivity index (χ4v) is 5.72. The van der Waals surface area contributed by atoms with Crippen LogP contribution in [0.1, 0.15) is 29.4 Å². The van der Waals surface area contributed by atoms with E-state index < -0.39 is 24.1 Å². The molecule has 2 atom stereocenters. The summed E-state index contributed by atoms with van der Waals surface area (Å²) in [5.74, 6) is -0.857. The number of thiazole rings is 1. The van der Waals surface area contributed by atoms with E-state index in [1.165, 1.54) is 53.9 Å². The van der Waals surface area contributed by atoms with Crippen LogP contribution in [0.3, 0.4) is 0 Å². The number of hydrogen-bond donors (Lipinski definition) is 2. The summed E-state index contributed by atoms with van der Waals surface area (Å²) in [5, 5.41) is 12.8. The highest BCUT2D eigenvalue weighted by molar-refractivity contribution is 7.21. The Labute approximate surface area is 260 Å². The average molecular weight is 634 g/mol. The first-order valence-corrected chi connectivity index (χ1v) is 14.8. The maximum Gasteiger partial charge on any atom is 0.412 e. The van der Waals surface area contributed by atoms with Gasteiger partial charge in [-0.2, -0.15) is 4.98 Å². The summed E-state index contributed by atoms with van der Waals surface area (Å²) < 4.78 is 31.0. The first kappa shape index (κ1) is 30.0. The number of nitrogens with zero attached hydrogens (tertiary/aromatic N) is 6. The van der Waals surface area contributed by atoms with Crippen LogP contribution in [0.5, 0.6) is 11.8 Å². The number of aromatic nitrogens is 5. The van der Waals surface area contributed by atoms with Gasteiger partial charge in [0.2, 0.25) is 5.88 Å². The second-order valence-corrected chi connectivity index (χ2v) is 11.5. The maximum atomic E-state index is 14.9. The molecule has 1 fully saturated rings. The lowest BCUT2D eigenvalue weighted by Gasteiger charge is -2.16. The fraction of sp³-hybridized carbons (Fsp3) is 0.300. The molecule has 0 aliphatic carbocycles. The molecule has 5 heterocycles. The molecular formula is C30H28FN7O6S. The highest BCUT2D eigenvalue weighted by atomic mass is 32.1. The average Bonchev–Trinajstić information content (AvgIpc) is 3.64. The lowest BCUT2D eigenvalue weighted by Crippen LogP contribution is -2.30. The summed E-state index contributed by atoms with van der Waals surface area (Å²) in [5.41, 5.74) is 3.84. The highest BCUT2D eigenvalue weighted by Gasteiger charge is 2.26. The van der Waals surface area contributed by atoms with Crippen LogP contribution < -0.4 is 14.8 Å². The molecule has 13 nitrogen and oxygen atoms in total. The number of benzene rings is 1. The smallest absolute Gasteiger partial charge is 0.412 e. The van der Waals surface area contributed by atoms with Gasteiger partial charge in [-0.15, -0.1) is 0 Å². The Morgan fingerprint density at radius 1 is 1.16 bits per heavy atom. The third kappa shape index (κ3) is 6.58. The van der Waals surface area contributed by atoms with E-state index in [4.69, 9.17) is 14.2 Å². The van der Waals surface area contributed by atoms with Gasteiger partial charge in [0.15, 0.2) is 5.82 Å². The van der Waals surface area contributed by atoms with Gasteiger partial charge in [-0.05, 0) is 50.1 Å². The molecule has 5 aromatic rings. The minimum absolute atomic E-state index is 0.165. The van der Waals surface area contributed by atoms with E-state index in [1.807, 2.05) is 19.1 Å². The number of carbonyl (C=O) groups is 2. The molecule has 0 spiro atoms. The number of halogens is 1. The number of anilines is 1. The number of nitrogens with one attached hydrogen (secondary N) is 1. The summed E-state index contributed by atoms with van der Waals surface area (Å²) >= 11 is 1.26. The van der Waals surface area contributed by atoms with E-state index in [0.717, 1.165) is 11.1 Å². The molecule has 0 bridgehead atoms. The van der Waals surface area contributed by atoms with Crippen LogP contribution in [-0.2, 0) is 4.74 Å². The molecule has 45 heavy (non-hydrogen) atoms. The first-order valence-electron chi connectivity index (χ1n) is 14.0. The lowest BCUT2D eigenvalue weighted by molar-refractivity contribution is 0.0759. The monoisotopic (exact) mass is 633 g/mol. The molecule has 1 aliphatic rings. The van der Waals surface area contributed by atoms with Crippen molar-refractivity contribution >= 4 is 50.4 Å². The number of likely N-dealkylation sites (tertiary alicyclic amines) is 1. The van der Waals surface area contributed by atoms with Gasteiger partial charge in [0, 0.05) is 24.7 Å². The van der Waals surface area contributed by atoms with E-state index in [-0.39, 0.29) is 30.6 Å². The van der Waals surface area contributed by atoms with Crippen molar-refractivity contribution in [1.82, 2.24) is 29.8 Å². The minimum atomic E-state index is -0.781. The second-order valence-electron chi connectivity index (χ2n) is 10.5. The number of ether oxygens (including phenoxy) is 3. The van der Waals surface area contributed by atoms with Crippen LogP contribution in [0.25, 0.3) is 32.0 Å². The van der Waals surface area contributed by atoms with Crippen molar-refractivity contribution in [3.05, 3.63) is 59.8 Å². The van der Waals surface area contributed by atoms with Gasteiger partial charge in [-0.25, -0.2) is 29.1 Å². The SMILES string of the molecule is COc1cnc2c(-c3nc4cc(F)c(OC[C@@H](C)OC(=O)Nc5ccc(C(=O)N6CC[C@@H](O)C6)nc5)nc4s3)cc(C)cc2n1. The molecule has 0 unspecified atom stereocenters. The van der Waals surface area contributed by atoms with Crippen molar-refractivity contribution in [3.63, 3.8) is 0 Å². The number of methoxy groups -OCH3 is 1. The van der Waals surface area contributed by atoms with E-state index in [9.17, 15) is 19.1 Å². The molecule has 4 aromatic heterocycles. The summed E-state index contributed by atoms with van der Waals surface area (Å²) in [6, 6.07) is 8.08. The number of aliphatic hydroxyl groups excluding tert-OH is 1. The number of amides is 2. The largest absolute Gasteiger partial charge is 0.480 e. The summed E-state index contributed by atoms with van der Waals surface area (Å²) in [6.45, 7) is 4.08. The number of β-amino-alcohol motifs (C(OH)–C–C–N with tert-alkyl or cyclic N) is 1. The van der Waals surface area contributed by atoms with Crippen LogP contribution >= 0.6 is 11.3 Å². The van der Waals surface area contributed by atoms with E-state index >= 15 is 0 Å². The molecule has 2 N–H and O–H groups in total. The predicted molar refractivity (Wildman–Crippen MR) is 163 cm³/mol. The molecule has 6 rings (SSSR count). The summed E-state index contributed by atoms with van der Waals surface area (Å²) in [4.78, 5) is 48.8. The number of aryl methyl sites for hydroxylation is 1. The number of pyridine rings is 2. The lowest BCUT2D eigenvalue weighted by atomic mass is 10.1. The summed E-state index contributed by atoms with van der Waals surface area (Å²) in [6.07, 6.45) is 1.32. The Morgan fingerprint density at radius 2 is 2.00 bits per heavy atom. The topological polar surface area (TPSA) is 162 Å². The van der Waals surface area contributed by atoms with Crippen molar-refractivity contribution in [1.29, 1.82) is 0 Å². The van der Waals surface area contributed by atoms with E-state index in [2.05, 4.69) is 30.2 Å². The molecule has 1 saturated heterocycles. The molecule has 15 heteroatoms.